The Bertz CT molecular complexity index is 393. The zero-order valence-corrected chi connectivity index (χ0v) is 14.3. The normalized spacial score (nSPS) is 43.0. The van der Waals surface area contributed by atoms with Crippen molar-refractivity contribution in [2.24, 2.45) is 11.8 Å². The van der Waals surface area contributed by atoms with Crippen LogP contribution in [0.1, 0.15) is 51.4 Å². The average molecular weight is 378 g/mol. The summed E-state index contributed by atoms with van der Waals surface area (Å²) in [5, 5.41) is 2.92. The number of halogens is 2. The molecule has 1 amide bonds. The fourth-order valence-corrected chi connectivity index (χ4v) is 4.44. The molecule has 0 radical (unpaired) electrons. The lowest BCUT2D eigenvalue weighted by Gasteiger charge is -2.28. The number of hydrazine groups is 1. The van der Waals surface area contributed by atoms with E-state index < -0.39 is 12.5 Å². The largest absolute Gasteiger partial charge is 0.324 e. The SMILES string of the molecule is O=C(NC1NNC(C2CCC(F)CC2)O1)C1CCCC(Br)C1. The highest BCUT2D eigenvalue weighted by Crippen LogP contribution is 2.31. The number of alkyl halides is 2. The van der Waals surface area contributed by atoms with Gasteiger partial charge in [0.15, 0.2) is 0 Å². The molecule has 3 rings (SSSR count). The molecule has 0 spiro atoms. The van der Waals surface area contributed by atoms with Crippen molar-refractivity contribution in [3.63, 3.8) is 0 Å². The molecule has 1 heterocycles. The summed E-state index contributed by atoms with van der Waals surface area (Å²) in [6.07, 6.45) is 5.63. The van der Waals surface area contributed by atoms with Crippen LogP contribution in [-0.2, 0) is 9.53 Å². The van der Waals surface area contributed by atoms with Crippen molar-refractivity contribution in [1.29, 1.82) is 0 Å². The summed E-state index contributed by atoms with van der Waals surface area (Å²) in [4.78, 5) is 12.7. The number of hydrogen-bond acceptors (Lipinski definition) is 4. The summed E-state index contributed by atoms with van der Waals surface area (Å²) in [7, 11) is 0. The minimum Gasteiger partial charge on any atom is -0.324 e. The molecule has 0 bridgehead atoms. The monoisotopic (exact) mass is 377 g/mol. The molecule has 4 atom stereocenters. The van der Waals surface area contributed by atoms with Crippen molar-refractivity contribution in [1.82, 2.24) is 16.2 Å². The van der Waals surface area contributed by atoms with E-state index in [1.165, 1.54) is 0 Å². The quantitative estimate of drug-likeness (QED) is 0.660. The molecule has 1 saturated heterocycles. The van der Waals surface area contributed by atoms with Gasteiger partial charge in [0, 0.05) is 16.7 Å². The molecule has 3 aliphatic rings. The lowest BCUT2D eigenvalue weighted by molar-refractivity contribution is -0.131. The van der Waals surface area contributed by atoms with Crippen molar-refractivity contribution in [3.05, 3.63) is 0 Å². The predicted molar refractivity (Wildman–Crippen MR) is 84.6 cm³/mol. The van der Waals surface area contributed by atoms with Gasteiger partial charge >= 0.3 is 0 Å². The Morgan fingerprint density at radius 3 is 2.64 bits per heavy atom. The first-order valence-corrected chi connectivity index (χ1v) is 9.28. The second kappa shape index (κ2) is 7.55. The van der Waals surface area contributed by atoms with Crippen molar-refractivity contribution in [3.8, 4) is 0 Å². The molecule has 3 fully saturated rings. The van der Waals surface area contributed by atoms with Gasteiger partial charge in [0.2, 0.25) is 12.3 Å². The summed E-state index contributed by atoms with van der Waals surface area (Å²) in [6, 6.07) is 0. The molecule has 0 aromatic heterocycles. The van der Waals surface area contributed by atoms with E-state index in [0.717, 1.165) is 38.5 Å². The summed E-state index contributed by atoms with van der Waals surface area (Å²) in [5.74, 6) is 0.420. The molecule has 5 nitrogen and oxygen atoms in total. The number of rotatable bonds is 3. The van der Waals surface area contributed by atoms with Crippen molar-refractivity contribution < 1.29 is 13.9 Å². The summed E-state index contributed by atoms with van der Waals surface area (Å²) >= 11 is 3.61. The van der Waals surface area contributed by atoms with Gasteiger partial charge in [-0.25, -0.2) is 15.2 Å². The van der Waals surface area contributed by atoms with Crippen LogP contribution >= 0.6 is 15.9 Å². The molecule has 0 aromatic rings. The Hall–Kier alpha value is -0.240. The maximum atomic E-state index is 13.2. The zero-order valence-electron chi connectivity index (χ0n) is 12.7. The Balaban J connectivity index is 1.43. The van der Waals surface area contributed by atoms with Crippen molar-refractivity contribution in [2.45, 2.75) is 74.9 Å². The van der Waals surface area contributed by atoms with Gasteiger partial charge in [-0.3, -0.25) is 4.79 Å². The number of carbonyl (C=O) groups is 1. The second-order valence-electron chi connectivity index (χ2n) is 6.71. The van der Waals surface area contributed by atoms with Gasteiger partial charge in [-0.05, 0) is 44.9 Å². The van der Waals surface area contributed by atoms with Gasteiger partial charge in [0.1, 0.15) is 12.4 Å². The number of hydrogen-bond donors (Lipinski definition) is 3. The van der Waals surface area contributed by atoms with E-state index in [1.54, 1.807) is 0 Å². The summed E-state index contributed by atoms with van der Waals surface area (Å²) < 4.78 is 19.0. The van der Waals surface area contributed by atoms with E-state index in [4.69, 9.17) is 4.74 Å². The first kappa shape index (κ1) is 16.6. The fourth-order valence-electron chi connectivity index (χ4n) is 3.67. The maximum Gasteiger partial charge on any atom is 0.226 e. The maximum absolute atomic E-state index is 13.2. The zero-order chi connectivity index (χ0) is 15.5. The molecule has 2 aliphatic carbocycles. The van der Waals surface area contributed by atoms with Crippen LogP contribution in [0.4, 0.5) is 4.39 Å². The molecule has 4 unspecified atom stereocenters. The fraction of sp³-hybridized carbons (Fsp3) is 0.933. The Morgan fingerprint density at radius 2 is 1.91 bits per heavy atom. The van der Waals surface area contributed by atoms with Gasteiger partial charge in [0.25, 0.3) is 0 Å². The van der Waals surface area contributed by atoms with Crippen LogP contribution in [-0.4, -0.2) is 29.5 Å². The predicted octanol–water partition coefficient (Wildman–Crippen LogP) is 2.32. The van der Waals surface area contributed by atoms with Gasteiger partial charge in [0.05, 0.1) is 0 Å². The first-order valence-electron chi connectivity index (χ1n) is 8.37. The minimum absolute atomic E-state index is 0.0524. The smallest absolute Gasteiger partial charge is 0.226 e. The van der Waals surface area contributed by atoms with Crippen LogP contribution in [0, 0.1) is 11.8 Å². The Kier molecular flexibility index (Phi) is 5.70. The molecular formula is C15H25BrFN3O2. The average Bonchev–Trinajstić information content (AvgIpc) is 2.96. The van der Waals surface area contributed by atoms with E-state index in [2.05, 4.69) is 32.1 Å². The first-order chi connectivity index (χ1) is 10.6. The van der Waals surface area contributed by atoms with E-state index >= 15 is 0 Å². The highest BCUT2D eigenvalue weighted by atomic mass is 79.9. The number of carbonyl (C=O) groups excluding carboxylic acids is 1. The van der Waals surface area contributed by atoms with Crippen molar-refractivity contribution in [2.75, 3.05) is 0 Å². The summed E-state index contributed by atoms with van der Waals surface area (Å²) in [6.45, 7) is 0. The third-order valence-corrected chi connectivity index (χ3v) is 5.85. The third kappa shape index (κ3) is 4.19. The molecule has 3 N–H and O–H groups in total. The number of nitrogens with one attached hydrogen (secondary N) is 3. The highest BCUT2D eigenvalue weighted by molar-refractivity contribution is 9.09. The van der Waals surface area contributed by atoms with Crippen LogP contribution in [0.3, 0.4) is 0 Å². The molecule has 0 aromatic carbocycles. The van der Waals surface area contributed by atoms with Crippen LogP contribution in [0.2, 0.25) is 0 Å². The third-order valence-electron chi connectivity index (χ3n) is 5.02. The van der Waals surface area contributed by atoms with Crippen LogP contribution in [0.25, 0.3) is 0 Å². The Morgan fingerprint density at radius 1 is 1.14 bits per heavy atom. The molecule has 2 saturated carbocycles. The summed E-state index contributed by atoms with van der Waals surface area (Å²) in [5.41, 5.74) is 6.08. The minimum atomic E-state index is -0.662. The topological polar surface area (TPSA) is 62.4 Å². The second-order valence-corrected chi connectivity index (χ2v) is 8.00. The Labute approximate surface area is 139 Å². The van der Waals surface area contributed by atoms with E-state index in [1.807, 2.05) is 0 Å². The molecule has 7 heteroatoms. The number of ether oxygens (including phenoxy) is 1. The van der Waals surface area contributed by atoms with Gasteiger partial charge in [-0.2, -0.15) is 0 Å². The lowest BCUT2D eigenvalue weighted by Crippen LogP contribution is -2.47. The van der Waals surface area contributed by atoms with Crippen molar-refractivity contribution >= 4 is 21.8 Å². The van der Waals surface area contributed by atoms with Crippen LogP contribution in [0.15, 0.2) is 0 Å². The molecule has 22 heavy (non-hydrogen) atoms. The van der Waals surface area contributed by atoms with E-state index in [-0.39, 0.29) is 18.1 Å². The van der Waals surface area contributed by atoms with Gasteiger partial charge in [-0.15, -0.1) is 0 Å². The van der Waals surface area contributed by atoms with Gasteiger partial charge in [-0.1, -0.05) is 22.4 Å². The van der Waals surface area contributed by atoms with E-state index in [9.17, 15) is 9.18 Å². The van der Waals surface area contributed by atoms with Crippen LogP contribution < -0.4 is 16.2 Å². The highest BCUT2D eigenvalue weighted by Gasteiger charge is 2.35. The number of amides is 1. The standard InChI is InChI=1S/C15H25BrFN3O2/c16-11-3-1-2-10(8-11)13(21)18-15-20-19-14(22-15)9-4-6-12(17)7-5-9/h9-12,14-15,19-20H,1-8H2,(H,18,21). The van der Waals surface area contributed by atoms with Crippen LogP contribution in [0.5, 0.6) is 0 Å². The van der Waals surface area contributed by atoms with E-state index in [0.29, 0.717) is 23.6 Å². The molecular weight excluding hydrogens is 353 g/mol. The molecule has 1 aliphatic heterocycles. The van der Waals surface area contributed by atoms with Gasteiger partial charge < -0.3 is 10.1 Å². The lowest BCUT2D eigenvalue weighted by atomic mass is 9.87. The molecule has 126 valence electrons.